The molecular weight excluding hydrogens is 572 g/mol. The van der Waals surface area contributed by atoms with Crippen LogP contribution in [0.2, 0.25) is 0 Å². The van der Waals surface area contributed by atoms with Crippen molar-refractivity contribution in [2.75, 3.05) is 14.1 Å². The van der Waals surface area contributed by atoms with Gasteiger partial charge in [-0.05, 0) is 139 Å². The molecule has 4 amide bonds. The van der Waals surface area contributed by atoms with Crippen LogP contribution in [0.5, 0.6) is 0 Å². The topological polar surface area (TPSA) is 74.8 Å². The van der Waals surface area contributed by atoms with E-state index in [4.69, 9.17) is 0 Å². The van der Waals surface area contributed by atoms with Gasteiger partial charge in [0, 0.05) is 47.1 Å². The molecule has 0 radical (unpaired) electrons. The molecule has 2 aliphatic heterocycles. The lowest BCUT2D eigenvalue weighted by Crippen LogP contribution is -2.37. The second-order valence-electron chi connectivity index (χ2n) is 13.4. The number of carbonyl (C=O) groups is 4. The minimum Gasteiger partial charge on any atom is -0.277 e. The molecule has 2 aliphatic rings. The van der Waals surface area contributed by atoms with Crippen LogP contribution in [0.4, 0.5) is 0 Å². The predicted molar refractivity (Wildman–Crippen MR) is 183 cm³/mol. The zero-order valence-electron chi connectivity index (χ0n) is 26.1. The highest BCUT2D eigenvalue weighted by atomic mass is 16.2. The number of benzene rings is 8. The Kier molecular flexibility index (Phi) is 4.34. The molecule has 46 heavy (non-hydrogen) atoms. The van der Waals surface area contributed by atoms with Crippen LogP contribution in [0.15, 0.2) is 48.5 Å². The number of carbonyl (C=O) groups excluding carboxylic acids is 4. The molecular formula is C40H26N2O4. The van der Waals surface area contributed by atoms with Crippen molar-refractivity contribution < 1.29 is 19.2 Å². The van der Waals surface area contributed by atoms with E-state index in [9.17, 15) is 19.2 Å². The molecule has 6 nitrogen and oxygen atoms in total. The van der Waals surface area contributed by atoms with Gasteiger partial charge in [-0.25, -0.2) is 0 Å². The number of imide groups is 2. The Morgan fingerprint density at radius 2 is 0.587 bits per heavy atom. The van der Waals surface area contributed by atoms with Gasteiger partial charge >= 0.3 is 0 Å². The van der Waals surface area contributed by atoms with Crippen molar-refractivity contribution >= 4 is 99.0 Å². The van der Waals surface area contributed by atoms with E-state index in [1.165, 1.54) is 9.80 Å². The summed E-state index contributed by atoms with van der Waals surface area (Å²) < 4.78 is 0. The molecule has 8 aromatic rings. The van der Waals surface area contributed by atoms with Crippen LogP contribution in [0.25, 0.3) is 75.4 Å². The van der Waals surface area contributed by atoms with Crippen molar-refractivity contribution in [3.8, 4) is 0 Å². The predicted octanol–water partition coefficient (Wildman–Crippen LogP) is 8.32. The van der Waals surface area contributed by atoms with Crippen LogP contribution in [-0.4, -0.2) is 47.5 Å². The number of hydrogen-bond donors (Lipinski definition) is 0. The Balaban J connectivity index is 1.50. The average Bonchev–Trinajstić information content (AvgIpc) is 3.04. The molecule has 10 rings (SSSR count). The van der Waals surface area contributed by atoms with Crippen molar-refractivity contribution in [2.45, 2.75) is 27.7 Å². The van der Waals surface area contributed by atoms with Gasteiger partial charge < -0.3 is 0 Å². The van der Waals surface area contributed by atoms with E-state index < -0.39 is 0 Å². The third kappa shape index (κ3) is 2.57. The maximum Gasteiger partial charge on any atom is 0.261 e. The normalized spacial score (nSPS) is 15.3. The zero-order chi connectivity index (χ0) is 31.8. The highest BCUT2D eigenvalue weighted by Crippen LogP contribution is 2.52. The fraction of sp³-hybridized carbons (Fsp3) is 0.150. The Bertz CT molecular complexity index is 2520. The largest absolute Gasteiger partial charge is 0.277 e. The molecule has 220 valence electrons. The van der Waals surface area contributed by atoms with E-state index in [0.717, 1.165) is 97.7 Å². The fourth-order valence-corrected chi connectivity index (χ4v) is 9.11. The van der Waals surface area contributed by atoms with Gasteiger partial charge in [0.05, 0.1) is 0 Å². The van der Waals surface area contributed by atoms with Crippen molar-refractivity contribution in [3.63, 3.8) is 0 Å². The lowest BCUT2D eigenvalue weighted by atomic mass is 9.78. The van der Waals surface area contributed by atoms with Crippen molar-refractivity contribution in [3.05, 3.63) is 93.0 Å². The second kappa shape index (κ2) is 7.77. The molecule has 0 atom stereocenters. The fourth-order valence-electron chi connectivity index (χ4n) is 9.11. The van der Waals surface area contributed by atoms with Crippen LogP contribution in [0, 0.1) is 27.7 Å². The number of amides is 4. The summed E-state index contributed by atoms with van der Waals surface area (Å²) in [5.41, 5.74) is 6.24. The smallest absolute Gasteiger partial charge is 0.261 e. The molecule has 2 heterocycles. The summed E-state index contributed by atoms with van der Waals surface area (Å²) in [6.07, 6.45) is 0. The molecule has 6 heteroatoms. The summed E-state index contributed by atoms with van der Waals surface area (Å²) in [7, 11) is 3.10. The Morgan fingerprint density at radius 1 is 0.348 bits per heavy atom. The first-order valence-electron chi connectivity index (χ1n) is 15.5. The van der Waals surface area contributed by atoms with Gasteiger partial charge in [0.25, 0.3) is 23.6 Å². The average molecular weight is 599 g/mol. The highest BCUT2D eigenvalue weighted by molar-refractivity contribution is 6.46. The summed E-state index contributed by atoms with van der Waals surface area (Å²) in [6, 6.07) is 16.5. The lowest BCUT2D eigenvalue weighted by molar-refractivity contribution is 0.0635. The first-order chi connectivity index (χ1) is 22.0. The minimum atomic E-state index is -0.274. The highest BCUT2D eigenvalue weighted by Gasteiger charge is 2.35. The van der Waals surface area contributed by atoms with Gasteiger partial charge in [0.2, 0.25) is 0 Å². The zero-order valence-corrected chi connectivity index (χ0v) is 26.1. The van der Waals surface area contributed by atoms with Gasteiger partial charge in [-0.3, -0.25) is 29.0 Å². The molecule has 8 aromatic carbocycles. The Hall–Kier alpha value is -5.62. The molecule has 0 spiro atoms. The van der Waals surface area contributed by atoms with Gasteiger partial charge in [-0.1, -0.05) is 24.3 Å². The quantitative estimate of drug-likeness (QED) is 0.1000. The first kappa shape index (κ1) is 25.7. The van der Waals surface area contributed by atoms with Gasteiger partial charge in [0.15, 0.2) is 0 Å². The first-order valence-corrected chi connectivity index (χ1v) is 15.5. The van der Waals surface area contributed by atoms with Crippen LogP contribution >= 0.6 is 0 Å². The molecule has 0 unspecified atom stereocenters. The summed E-state index contributed by atoms with van der Waals surface area (Å²) in [5, 5.41) is 14.3. The third-order valence-corrected chi connectivity index (χ3v) is 11.0. The monoisotopic (exact) mass is 598 g/mol. The Morgan fingerprint density at radius 3 is 0.826 bits per heavy atom. The van der Waals surface area contributed by atoms with E-state index in [1.54, 1.807) is 14.1 Å². The van der Waals surface area contributed by atoms with Gasteiger partial charge in [-0.2, -0.15) is 0 Å². The van der Waals surface area contributed by atoms with Crippen molar-refractivity contribution in [1.29, 1.82) is 0 Å². The van der Waals surface area contributed by atoms with E-state index in [1.807, 2.05) is 24.3 Å². The summed E-state index contributed by atoms with van der Waals surface area (Å²) in [6.45, 7) is 8.21. The molecule has 0 aromatic heterocycles. The van der Waals surface area contributed by atoms with Crippen LogP contribution in [0.1, 0.15) is 63.7 Å². The van der Waals surface area contributed by atoms with Crippen LogP contribution < -0.4 is 0 Å². The maximum absolute atomic E-state index is 13.4. The molecule has 0 aliphatic carbocycles. The van der Waals surface area contributed by atoms with Crippen molar-refractivity contribution in [1.82, 2.24) is 9.80 Å². The third-order valence-electron chi connectivity index (χ3n) is 11.0. The van der Waals surface area contributed by atoms with E-state index >= 15 is 0 Å². The molecule has 0 saturated carbocycles. The molecule has 0 bridgehead atoms. The van der Waals surface area contributed by atoms with Crippen molar-refractivity contribution in [2.24, 2.45) is 0 Å². The summed E-state index contributed by atoms with van der Waals surface area (Å²) in [4.78, 5) is 56.1. The number of fused-ring (bicyclic) bond motifs is 4. The maximum atomic E-state index is 13.4. The number of rotatable bonds is 0. The summed E-state index contributed by atoms with van der Waals surface area (Å²) >= 11 is 0. The van der Waals surface area contributed by atoms with E-state index in [0.29, 0.717) is 22.3 Å². The number of nitrogens with zero attached hydrogens (tertiary/aromatic N) is 2. The molecule has 0 fully saturated rings. The van der Waals surface area contributed by atoms with E-state index in [-0.39, 0.29) is 23.6 Å². The standard InChI is InChI=1S/C40H26N2O4/c1-15-11-23-33-24(38(44)41(5)37(23)43)12-16(2)28-20-9-10-22-30-18(4)14-26-34-25(39(45)42(6)40(26)46)13-17(3)29(36(30)34)21-8-7-19(27(15)35(28)33)31(20)32(21)22/h7-14H,1-6H3. The van der Waals surface area contributed by atoms with Crippen LogP contribution in [0.3, 0.4) is 0 Å². The molecule has 0 saturated heterocycles. The minimum absolute atomic E-state index is 0.274. The number of hydrogen-bond acceptors (Lipinski definition) is 4. The second-order valence-corrected chi connectivity index (χ2v) is 13.4. The number of aryl methyl sites for hydroxylation is 4. The molecule has 0 N–H and O–H groups in total. The lowest BCUT2D eigenvalue weighted by Gasteiger charge is -2.29. The SMILES string of the molecule is Cc1cc2c3c(cc(C)c4c5ccc6c7c(C)cc8c9c(cc(C)c(c%10ccc(c1c34)c5c%106)c97)C(=O)N(C)C8=O)C(=O)N(C)C2=O. The van der Waals surface area contributed by atoms with Gasteiger partial charge in [-0.15, -0.1) is 0 Å². The van der Waals surface area contributed by atoms with E-state index in [2.05, 4.69) is 52.0 Å². The van der Waals surface area contributed by atoms with Gasteiger partial charge in [0.1, 0.15) is 0 Å². The Labute approximate surface area is 262 Å². The summed E-state index contributed by atoms with van der Waals surface area (Å²) in [5.74, 6) is -1.10. The van der Waals surface area contributed by atoms with Crippen LogP contribution in [-0.2, 0) is 0 Å².